The molecule has 0 aliphatic carbocycles. The van der Waals surface area contributed by atoms with Gasteiger partial charge in [0.15, 0.2) is 0 Å². The van der Waals surface area contributed by atoms with Crippen LogP contribution in [0.15, 0.2) is 48.5 Å². The standard InChI is InChI=1S/C17H19F/c1-2-3-5-8-14-11-12-16(17(18)13-14)15-9-6-4-7-10-15/h4,6-7,9-13H,2-3,5,8H2,1H3. The maximum absolute atomic E-state index is 14.0. The number of aryl methyl sites for hydroxylation is 1. The zero-order valence-corrected chi connectivity index (χ0v) is 10.8. The van der Waals surface area contributed by atoms with Crippen molar-refractivity contribution in [3.05, 3.63) is 59.9 Å². The normalized spacial score (nSPS) is 10.6. The Morgan fingerprint density at radius 2 is 1.72 bits per heavy atom. The van der Waals surface area contributed by atoms with Crippen LogP contribution in [0.1, 0.15) is 31.7 Å². The molecule has 0 saturated heterocycles. The first-order valence-electron chi connectivity index (χ1n) is 6.65. The van der Waals surface area contributed by atoms with Crippen LogP contribution in [0.4, 0.5) is 4.39 Å². The van der Waals surface area contributed by atoms with Crippen molar-refractivity contribution in [3.8, 4) is 11.1 Å². The van der Waals surface area contributed by atoms with E-state index in [2.05, 4.69) is 6.92 Å². The van der Waals surface area contributed by atoms with Crippen molar-refractivity contribution < 1.29 is 4.39 Å². The van der Waals surface area contributed by atoms with E-state index < -0.39 is 0 Å². The lowest BCUT2D eigenvalue weighted by Crippen LogP contribution is -1.90. The van der Waals surface area contributed by atoms with Gasteiger partial charge in [-0.1, -0.05) is 62.2 Å². The Bertz CT molecular complexity index is 488. The van der Waals surface area contributed by atoms with Crippen molar-refractivity contribution >= 4 is 0 Å². The molecule has 0 aromatic heterocycles. The van der Waals surface area contributed by atoms with Crippen LogP contribution < -0.4 is 0 Å². The lowest BCUT2D eigenvalue weighted by molar-refractivity contribution is 0.626. The summed E-state index contributed by atoms with van der Waals surface area (Å²) in [6.07, 6.45) is 4.52. The summed E-state index contributed by atoms with van der Waals surface area (Å²) in [6, 6.07) is 15.3. The number of hydrogen-bond donors (Lipinski definition) is 0. The van der Waals surface area contributed by atoms with Crippen LogP contribution in [-0.2, 0) is 6.42 Å². The second kappa shape index (κ2) is 6.34. The summed E-state index contributed by atoms with van der Waals surface area (Å²) in [4.78, 5) is 0. The number of unbranched alkanes of at least 4 members (excludes halogenated alkanes) is 2. The maximum Gasteiger partial charge on any atom is 0.131 e. The van der Waals surface area contributed by atoms with Crippen molar-refractivity contribution in [2.75, 3.05) is 0 Å². The van der Waals surface area contributed by atoms with Crippen LogP contribution in [-0.4, -0.2) is 0 Å². The molecule has 0 aliphatic rings. The summed E-state index contributed by atoms with van der Waals surface area (Å²) in [5.41, 5.74) is 2.73. The molecule has 2 aromatic carbocycles. The summed E-state index contributed by atoms with van der Waals surface area (Å²) in [5, 5.41) is 0. The van der Waals surface area contributed by atoms with Crippen LogP contribution >= 0.6 is 0 Å². The molecular formula is C17H19F. The minimum Gasteiger partial charge on any atom is -0.206 e. The quantitative estimate of drug-likeness (QED) is 0.630. The minimum atomic E-state index is -0.116. The molecular weight excluding hydrogens is 223 g/mol. The molecule has 0 N–H and O–H groups in total. The Morgan fingerprint density at radius 3 is 2.39 bits per heavy atom. The predicted molar refractivity (Wildman–Crippen MR) is 75.1 cm³/mol. The van der Waals surface area contributed by atoms with Gasteiger partial charge in [0.2, 0.25) is 0 Å². The molecule has 0 saturated carbocycles. The SMILES string of the molecule is CCCCCc1ccc(-c2ccccc2)c(F)c1. The highest BCUT2D eigenvalue weighted by molar-refractivity contribution is 5.64. The molecule has 18 heavy (non-hydrogen) atoms. The molecule has 0 aliphatic heterocycles. The summed E-state index contributed by atoms with van der Waals surface area (Å²) in [7, 11) is 0. The fraction of sp³-hybridized carbons (Fsp3) is 0.294. The first-order valence-corrected chi connectivity index (χ1v) is 6.65. The molecule has 0 heterocycles. The van der Waals surface area contributed by atoms with Gasteiger partial charge in [0.05, 0.1) is 0 Å². The minimum absolute atomic E-state index is 0.116. The van der Waals surface area contributed by atoms with Crippen molar-refractivity contribution in [3.63, 3.8) is 0 Å². The van der Waals surface area contributed by atoms with Gasteiger partial charge in [-0.05, 0) is 30.0 Å². The second-order valence-corrected chi connectivity index (χ2v) is 4.64. The highest BCUT2D eigenvalue weighted by atomic mass is 19.1. The molecule has 0 radical (unpaired) electrons. The van der Waals surface area contributed by atoms with Gasteiger partial charge in [0, 0.05) is 5.56 Å². The molecule has 1 heteroatoms. The molecule has 94 valence electrons. The second-order valence-electron chi connectivity index (χ2n) is 4.64. The van der Waals surface area contributed by atoms with E-state index in [-0.39, 0.29) is 5.82 Å². The lowest BCUT2D eigenvalue weighted by atomic mass is 10.0. The van der Waals surface area contributed by atoms with Gasteiger partial charge in [-0.2, -0.15) is 0 Å². The van der Waals surface area contributed by atoms with Gasteiger partial charge in [-0.3, -0.25) is 0 Å². The average Bonchev–Trinajstić information content (AvgIpc) is 2.40. The Hall–Kier alpha value is -1.63. The number of halogens is 1. The van der Waals surface area contributed by atoms with E-state index in [1.165, 1.54) is 12.8 Å². The summed E-state index contributed by atoms with van der Waals surface area (Å²) in [6.45, 7) is 2.18. The highest BCUT2D eigenvalue weighted by Gasteiger charge is 2.05. The summed E-state index contributed by atoms with van der Waals surface area (Å²) < 4.78 is 14.0. The van der Waals surface area contributed by atoms with E-state index in [9.17, 15) is 4.39 Å². The van der Waals surface area contributed by atoms with E-state index in [1.807, 2.05) is 42.5 Å². The van der Waals surface area contributed by atoms with Crippen LogP contribution in [0.3, 0.4) is 0 Å². The van der Waals surface area contributed by atoms with Crippen LogP contribution in [0.2, 0.25) is 0 Å². The Balaban J connectivity index is 2.15. The van der Waals surface area contributed by atoms with E-state index >= 15 is 0 Å². The van der Waals surface area contributed by atoms with Gasteiger partial charge < -0.3 is 0 Å². The molecule has 0 spiro atoms. The molecule has 0 atom stereocenters. The van der Waals surface area contributed by atoms with Gasteiger partial charge in [0.25, 0.3) is 0 Å². The largest absolute Gasteiger partial charge is 0.206 e. The van der Waals surface area contributed by atoms with E-state index in [0.717, 1.165) is 24.0 Å². The van der Waals surface area contributed by atoms with Crippen LogP contribution in [0, 0.1) is 5.82 Å². The monoisotopic (exact) mass is 242 g/mol. The molecule has 0 bridgehead atoms. The van der Waals surface area contributed by atoms with Crippen LogP contribution in [0.5, 0.6) is 0 Å². The van der Waals surface area contributed by atoms with E-state index in [0.29, 0.717) is 5.56 Å². The third-order valence-electron chi connectivity index (χ3n) is 3.19. The number of hydrogen-bond acceptors (Lipinski definition) is 0. The fourth-order valence-corrected chi connectivity index (χ4v) is 2.15. The predicted octanol–water partition coefficient (Wildman–Crippen LogP) is 5.23. The summed E-state index contributed by atoms with van der Waals surface area (Å²) >= 11 is 0. The van der Waals surface area contributed by atoms with E-state index in [1.54, 1.807) is 6.07 Å². The van der Waals surface area contributed by atoms with E-state index in [4.69, 9.17) is 0 Å². The zero-order chi connectivity index (χ0) is 12.8. The smallest absolute Gasteiger partial charge is 0.131 e. The highest BCUT2D eigenvalue weighted by Crippen LogP contribution is 2.23. The Labute approximate surface area is 108 Å². The molecule has 2 rings (SSSR count). The fourth-order valence-electron chi connectivity index (χ4n) is 2.15. The number of rotatable bonds is 5. The topological polar surface area (TPSA) is 0 Å². The molecule has 2 aromatic rings. The lowest BCUT2D eigenvalue weighted by Gasteiger charge is -2.06. The van der Waals surface area contributed by atoms with Crippen molar-refractivity contribution in [2.45, 2.75) is 32.6 Å². The summed E-state index contributed by atoms with van der Waals surface area (Å²) in [5.74, 6) is -0.116. The Kier molecular flexibility index (Phi) is 4.52. The third-order valence-corrected chi connectivity index (χ3v) is 3.19. The third kappa shape index (κ3) is 3.19. The molecule has 0 fully saturated rings. The van der Waals surface area contributed by atoms with Crippen molar-refractivity contribution in [1.29, 1.82) is 0 Å². The van der Waals surface area contributed by atoms with Crippen molar-refractivity contribution in [2.24, 2.45) is 0 Å². The van der Waals surface area contributed by atoms with Gasteiger partial charge >= 0.3 is 0 Å². The van der Waals surface area contributed by atoms with Gasteiger partial charge in [-0.15, -0.1) is 0 Å². The van der Waals surface area contributed by atoms with Gasteiger partial charge in [-0.25, -0.2) is 4.39 Å². The first kappa shape index (κ1) is 12.8. The maximum atomic E-state index is 14.0. The zero-order valence-electron chi connectivity index (χ0n) is 10.8. The molecule has 0 unspecified atom stereocenters. The first-order chi connectivity index (χ1) is 8.81. The van der Waals surface area contributed by atoms with Crippen LogP contribution in [0.25, 0.3) is 11.1 Å². The Morgan fingerprint density at radius 1 is 0.944 bits per heavy atom. The molecule has 0 nitrogen and oxygen atoms in total. The number of benzene rings is 2. The van der Waals surface area contributed by atoms with Gasteiger partial charge in [0.1, 0.15) is 5.82 Å². The average molecular weight is 242 g/mol. The van der Waals surface area contributed by atoms with Crippen molar-refractivity contribution in [1.82, 2.24) is 0 Å². The molecule has 0 amide bonds.